The predicted molar refractivity (Wildman–Crippen MR) is 87.7 cm³/mol. The maximum Gasteiger partial charge on any atom is 0.340 e. The van der Waals surface area contributed by atoms with E-state index >= 15 is 0 Å². The predicted octanol–water partition coefficient (Wildman–Crippen LogP) is 3.76. The number of esters is 1. The van der Waals surface area contributed by atoms with Gasteiger partial charge in [-0.25, -0.2) is 9.18 Å². The second-order valence-corrected chi connectivity index (χ2v) is 5.55. The highest BCUT2D eigenvalue weighted by molar-refractivity contribution is 5.83. The summed E-state index contributed by atoms with van der Waals surface area (Å²) in [6.45, 7) is 3.14. The van der Waals surface area contributed by atoms with Crippen molar-refractivity contribution in [1.82, 2.24) is 0 Å². The number of hydrogen-bond donors (Lipinski definition) is 0. The van der Waals surface area contributed by atoms with Gasteiger partial charge in [0.1, 0.15) is 17.1 Å². The van der Waals surface area contributed by atoms with Gasteiger partial charge in [0.15, 0.2) is 0 Å². The van der Waals surface area contributed by atoms with Crippen LogP contribution in [-0.4, -0.2) is 5.97 Å². The van der Waals surface area contributed by atoms with Gasteiger partial charge in [-0.2, -0.15) is 0 Å². The van der Waals surface area contributed by atoms with Gasteiger partial charge in [0, 0.05) is 30.4 Å². The van der Waals surface area contributed by atoms with Crippen molar-refractivity contribution in [2.75, 3.05) is 0 Å². The summed E-state index contributed by atoms with van der Waals surface area (Å²) in [6.07, 6.45) is 0.357. The van der Waals surface area contributed by atoms with Gasteiger partial charge >= 0.3 is 11.6 Å². The Morgan fingerprint density at radius 3 is 2.54 bits per heavy atom. The summed E-state index contributed by atoms with van der Waals surface area (Å²) < 4.78 is 23.4. The molecule has 0 unspecified atom stereocenters. The molecule has 0 saturated carbocycles. The van der Waals surface area contributed by atoms with E-state index in [1.807, 2.05) is 6.92 Å². The van der Waals surface area contributed by atoms with Crippen molar-refractivity contribution < 1.29 is 18.3 Å². The molecule has 0 N–H and O–H groups in total. The molecule has 1 aromatic heterocycles. The molecule has 1 heterocycles. The van der Waals surface area contributed by atoms with E-state index in [9.17, 15) is 14.0 Å². The maximum absolute atomic E-state index is 13.0. The first kappa shape index (κ1) is 15.9. The zero-order chi connectivity index (χ0) is 17.3. The topological polar surface area (TPSA) is 56.5 Å². The molecule has 122 valence electrons. The number of hydrogen-bond acceptors (Lipinski definition) is 4. The van der Waals surface area contributed by atoms with Crippen molar-refractivity contribution in [2.45, 2.75) is 20.3 Å². The van der Waals surface area contributed by atoms with Gasteiger partial charge < -0.3 is 9.15 Å². The number of ether oxygens (including phenoxy) is 1. The summed E-state index contributed by atoms with van der Waals surface area (Å²) in [5.74, 6) is -0.441. The summed E-state index contributed by atoms with van der Waals surface area (Å²) in [5.41, 5.74) is 2.04. The number of halogens is 1. The Kier molecular flexibility index (Phi) is 4.16. The molecule has 0 saturated heterocycles. The minimum Gasteiger partial charge on any atom is -0.427 e. The molecule has 2 aromatic carbocycles. The molecule has 0 bridgehead atoms. The van der Waals surface area contributed by atoms with Crippen molar-refractivity contribution in [3.8, 4) is 5.75 Å². The number of rotatable bonds is 3. The molecule has 0 amide bonds. The zero-order valence-electron chi connectivity index (χ0n) is 13.3. The zero-order valence-corrected chi connectivity index (χ0v) is 13.3. The Hall–Kier alpha value is -2.95. The minimum absolute atomic E-state index is 0.320. The molecule has 0 aliphatic carbocycles. The molecule has 3 rings (SSSR count). The van der Waals surface area contributed by atoms with E-state index in [2.05, 4.69) is 0 Å². The molecule has 0 atom stereocenters. The summed E-state index contributed by atoms with van der Waals surface area (Å²) in [6, 6.07) is 10.9. The van der Waals surface area contributed by atoms with Crippen LogP contribution in [0, 0.1) is 12.7 Å². The second-order valence-electron chi connectivity index (χ2n) is 5.55. The molecule has 0 radical (unpaired) electrons. The van der Waals surface area contributed by atoms with Crippen molar-refractivity contribution in [3.63, 3.8) is 0 Å². The molecular formula is C19H15FO4. The van der Waals surface area contributed by atoms with E-state index in [0.29, 0.717) is 23.3 Å². The largest absolute Gasteiger partial charge is 0.427 e. The average Bonchev–Trinajstić information content (AvgIpc) is 2.52. The van der Waals surface area contributed by atoms with Gasteiger partial charge in [0.2, 0.25) is 0 Å². The number of aryl methyl sites for hydroxylation is 1. The van der Waals surface area contributed by atoms with Crippen LogP contribution in [0.4, 0.5) is 4.39 Å². The van der Waals surface area contributed by atoms with Crippen LogP contribution in [0.25, 0.3) is 11.0 Å². The van der Waals surface area contributed by atoms with Gasteiger partial charge in [0.05, 0.1) is 0 Å². The number of carbonyl (C=O) groups excluding carboxylic acids is 1. The normalized spacial score (nSPS) is 10.8. The third kappa shape index (κ3) is 3.20. The lowest BCUT2D eigenvalue weighted by Gasteiger charge is -2.09. The molecule has 0 aliphatic rings. The van der Waals surface area contributed by atoms with Crippen LogP contribution in [0.5, 0.6) is 5.75 Å². The van der Waals surface area contributed by atoms with Gasteiger partial charge in [-0.15, -0.1) is 0 Å². The Morgan fingerprint density at radius 2 is 1.88 bits per heavy atom. The number of fused-ring (bicyclic) bond motifs is 1. The fourth-order valence-corrected chi connectivity index (χ4v) is 2.61. The van der Waals surface area contributed by atoms with Crippen molar-refractivity contribution in [1.29, 1.82) is 0 Å². The van der Waals surface area contributed by atoms with Crippen LogP contribution in [0.2, 0.25) is 0 Å². The smallest absolute Gasteiger partial charge is 0.340 e. The molecule has 3 aromatic rings. The molecule has 4 nitrogen and oxygen atoms in total. The summed E-state index contributed by atoms with van der Waals surface area (Å²) in [7, 11) is 0. The van der Waals surface area contributed by atoms with Crippen LogP contribution < -0.4 is 10.4 Å². The van der Waals surface area contributed by atoms with Crippen LogP contribution in [0.15, 0.2) is 51.7 Å². The van der Waals surface area contributed by atoms with Gasteiger partial charge in [-0.05, 0) is 42.3 Å². The monoisotopic (exact) mass is 326 g/mol. The lowest BCUT2D eigenvalue weighted by Crippen LogP contribution is -2.11. The van der Waals surface area contributed by atoms with Gasteiger partial charge in [-0.1, -0.05) is 12.1 Å². The first-order valence-corrected chi connectivity index (χ1v) is 7.43. The van der Waals surface area contributed by atoms with Crippen LogP contribution in [-0.2, 0) is 11.2 Å². The standard InChI is InChI=1S/C19H15FO4/c1-11-16-8-7-15(23-12(2)21)10-18(16)24-19(22)17(11)9-13-3-5-14(20)6-4-13/h3-8,10H,9H2,1-2H3. The summed E-state index contributed by atoms with van der Waals surface area (Å²) in [4.78, 5) is 23.3. The number of benzene rings is 2. The highest BCUT2D eigenvalue weighted by Gasteiger charge is 2.13. The summed E-state index contributed by atoms with van der Waals surface area (Å²) >= 11 is 0. The van der Waals surface area contributed by atoms with Crippen molar-refractivity contribution in [2.24, 2.45) is 0 Å². The molecule has 24 heavy (non-hydrogen) atoms. The maximum atomic E-state index is 13.0. The van der Waals surface area contributed by atoms with E-state index < -0.39 is 11.6 Å². The third-order valence-electron chi connectivity index (χ3n) is 3.81. The minimum atomic E-state index is -0.454. The van der Waals surface area contributed by atoms with E-state index in [1.54, 1.807) is 24.3 Å². The molecule has 0 aliphatic heterocycles. The van der Waals surface area contributed by atoms with Crippen LogP contribution in [0.3, 0.4) is 0 Å². The highest BCUT2D eigenvalue weighted by Crippen LogP contribution is 2.25. The number of carbonyl (C=O) groups is 1. The van der Waals surface area contributed by atoms with Crippen LogP contribution in [0.1, 0.15) is 23.6 Å². The fourth-order valence-electron chi connectivity index (χ4n) is 2.61. The molecule has 0 spiro atoms. The van der Waals surface area contributed by atoms with Crippen molar-refractivity contribution >= 4 is 16.9 Å². The second kappa shape index (κ2) is 6.28. The van der Waals surface area contributed by atoms with Crippen LogP contribution >= 0.6 is 0 Å². The molecule has 5 heteroatoms. The highest BCUT2D eigenvalue weighted by atomic mass is 19.1. The van der Waals surface area contributed by atoms with E-state index in [4.69, 9.17) is 9.15 Å². The Bertz CT molecular complexity index is 971. The van der Waals surface area contributed by atoms with E-state index in [-0.39, 0.29) is 5.82 Å². The van der Waals surface area contributed by atoms with E-state index in [0.717, 1.165) is 16.5 Å². The Labute approximate surface area is 137 Å². The molecule has 0 fully saturated rings. The third-order valence-corrected chi connectivity index (χ3v) is 3.81. The average molecular weight is 326 g/mol. The first-order valence-electron chi connectivity index (χ1n) is 7.43. The van der Waals surface area contributed by atoms with Gasteiger partial charge in [0.25, 0.3) is 0 Å². The quantitative estimate of drug-likeness (QED) is 0.418. The Balaban J connectivity index is 2.05. The lowest BCUT2D eigenvalue weighted by molar-refractivity contribution is -0.131. The van der Waals surface area contributed by atoms with Crippen molar-refractivity contribution in [3.05, 3.63) is 75.4 Å². The van der Waals surface area contributed by atoms with E-state index in [1.165, 1.54) is 25.1 Å². The fraction of sp³-hybridized carbons (Fsp3) is 0.158. The Morgan fingerprint density at radius 1 is 1.17 bits per heavy atom. The SMILES string of the molecule is CC(=O)Oc1ccc2c(C)c(Cc3ccc(F)cc3)c(=O)oc2c1. The summed E-state index contributed by atoms with van der Waals surface area (Å²) in [5, 5.41) is 0.766. The first-order chi connectivity index (χ1) is 11.4. The van der Waals surface area contributed by atoms with Gasteiger partial charge in [-0.3, -0.25) is 4.79 Å². The lowest BCUT2D eigenvalue weighted by atomic mass is 9.99. The molecular weight excluding hydrogens is 311 g/mol.